The Morgan fingerprint density at radius 1 is 1.21 bits per heavy atom. The zero-order valence-electron chi connectivity index (χ0n) is 9.22. The van der Waals surface area contributed by atoms with Gasteiger partial charge in [0.05, 0.1) is 0 Å². The normalized spacial score (nSPS) is 28.9. The molecule has 2 saturated heterocycles. The molecule has 0 aromatic rings. The van der Waals surface area contributed by atoms with Gasteiger partial charge >= 0.3 is 0 Å². The van der Waals surface area contributed by atoms with Gasteiger partial charge in [0, 0.05) is 31.1 Å². The van der Waals surface area contributed by atoms with Gasteiger partial charge in [0.15, 0.2) is 0 Å². The van der Waals surface area contributed by atoms with Crippen LogP contribution in [0.25, 0.3) is 0 Å². The minimum Gasteiger partial charge on any atom is -0.317 e. The minimum atomic E-state index is 0.591. The molecule has 1 N–H and O–H groups in total. The minimum absolute atomic E-state index is 0.591. The van der Waals surface area contributed by atoms with E-state index in [1.165, 1.54) is 57.1 Å². The Morgan fingerprint density at radius 3 is 2.50 bits per heavy atom. The molecule has 2 rings (SSSR count). The van der Waals surface area contributed by atoms with E-state index in [4.69, 9.17) is 0 Å². The van der Waals surface area contributed by atoms with Crippen LogP contribution >= 0.6 is 11.8 Å². The van der Waals surface area contributed by atoms with E-state index in [1.807, 2.05) is 0 Å². The summed E-state index contributed by atoms with van der Waals surface area (Å²) in [6.45, 7) is 8.87. The quantitative estimate of drug-likeness (QED) is 0.748. The lowest BCUT2D eigenvalue weighted by atomic mass is 9.80. The van der Waals surface area contributed by atoms with Crippen LogP contribution in [-0.4, -0.2) is 49.1 Å². The van der Waals surface area contributed by atoms with E-state index < -0.39 is 0 Å². The summed E-state index contributed by atoms with van der Waals surface area (Å²) in [5.74, 6) is 2.68. The number of thioether (sulfide) groups is 1. The molecule has 2 heterocycles. The first-order valence-corrected chi connectivity index (χ1v) is 6.95. The highest BCUT2D eigenvalue weighted by molar-refractivity contribution is 7.99. The van der Waals surface area contributed by atoms with Gasteiger partial charge in [-0.1, -0.05) is 6.92 Å². The van der Waals surface area contributed by atoms with E-state index in [2.05, 4.69) is 28.9 Å². The first kappa shape index (κ1) is 10.8. The van der Waals surface area contributed by atoms with Gasteiger partial charge in [-0.15, -0.1) is 0 Å². The number of hydrogen-bond acceptors (Lipinski definition) is 3. The number of rotatable bonds is 2. The molecule has 3 heteroatoms. The van der Waals surface area contributed by atoms with Gasteiger partial charge in [0.1, 0.15) is 0 Å². The lowest BCUT2D eigenvalue weighted by molar-refractivity contribution is 0.136. The molecule has 0 aromatic heterocycles. The van der Waals surface area contributed by atoms with Crippen LogP contribution in [0.5, 0.6) is 0 Å². The summed E-state index contributed by atoms with van der Waals surface area (Å²) in [7, 11) is 0. The van der Waals surface area contributed by atoms with E-state index in [0.29, 0.717) is 5.41 Å². The maximum Gasteiger partial charge on any atom is 0.00729 e. The van der Waals surface area contributed by atoms with Crippen molar-refractivity contribution in [1.29, 1.82) is 0 Å². The number of hydrogen-bond donors (Lipinski definition) is 1. The van der Waals surface area contributed by atoms with Gasteiger partial charge < -0.3 is 10.2 Å². The summed E-state index contributed by atoms with van der Waals surface area (Å²) < 4.78 is 0. The molecule has 0 aliphatic carbocycles. The molecule has 0 amide bonds. The molecule has 0 aromatic carbocycles. The Labute approximate surface area is 91.8 Å². The van der Waals surface area contributed by atoms with Crippen molar-refractivity contribution < 1.29 is 0 Å². The topological polar surface area (TPSA) is 15.3 Å². The molecular weight excluding hydrogens is 192 g/mol. The van der Waals surface area contributed by atoms with Crippen LogP contribution in [0.1, 0.15) is 19.8 Å². The van der Waals surface area contributed by atoms with Gasteiger partial charge in [0.2, 0.25) is 0 Å². The Hall–Kier alpha value is 0.270. The summed E-state index contributed by atoms with van der Waals surface area (Å²) in [4.78, 5) is 2.67. The second-order valence-electron chi connectivity index (χ2n) is 4.95. The molecule has 2 aliphatic rings. The Morgan fingerprint density at radius 2 is 1.86 bits per heavy atom. The summed E-state index contributed by atoms with van der Waals surface area (Å²) in [6.07, 6.45) is 2.72. The SMILES string of the molecule is CC1(CN2CCSCC2)CCNCC1. The zero-order chi connectivity index (χ0) is 9.86. The van der Waals surface area contributed by atoms with Gasteiger partial charge in [-0.05, 0) is 31.3 Å². The fourth-order valence-electron chi connectivity index (χ4n) is 2.49. The highest BCUT2D eigenvalue weighted by Crippen LogP contribution is 2.29. The first-order valence-electron chi connectivity index (χ1n) is 5.79. The smallest absolute Gasteiger partial charge is 0.00729 e. The fraction of sp³-hybridized carbons (Fsp3) is 1.00. The predicted octanol–water partition coefficient (Wildman–Crippen LogP) is 1.42. The molecule has 0 bridgehead atoms. The maximum atomic E-state index is 3.45. The second-order valence-corrected chi connectivity index (χ2v) is 6.17. The lowest BCUT2D eigenvalue weighted by Crippen LogP contribution is -2.45. The van der Waals surface area contributed by atoms with Crippen LogP contribution in [-0.2, 0) is 0 Å². The third-order valence-electron chi connectivity index (χ3n) is 3.52. The van der Waals surface area contributed by atoms with Crippen LogP contribution in [0.3, 0.4) is 0 Å². The van der Waals surface area contributed by atoms with Crippen molar-refractivity contribution in [1.82, 2.24) is 10.2 Å². The molecule has 0 saturated carbocycles. The molecule has 14 heavy (non-hydrogen) atoms. The fourth-order valence-corrected chi connectivity index (χ4v) is 3.47. The van der Waals surface area contributed by atoms with E-state index in [1.54, 1.807) is 0 Å². The monoisotopic (exact) mass is 214 g/mol. The van der Waals surface area contributed by atoms with Crippen LogP contribution in [0.4, 0.5) is 0 Å². The highest BCUT2D eigenvalue weighted by atomic mass is 32.2. The van der Waals surface area contributed by atoms with Gasteiger partial charge in [-0.25, -0.2) is 0 Å². The Kier molecular flexibility index (Phi) is 3.74. The summed E-state index contributed by atoms with van der Waals surface area (Å²) in [5.41, 5.74) is 0.591. The zero-order valence-corrected chi connectivity index (χ0v) is 10.0. The van der Waals surface area contributed by atoms with E-state index in [0.717, 1.165) is 0 Å². The standard InChI is InChI=1S/C11H22N2S/c1-11(2-4-12-5-3-11)10-13-6-8-14-9-7-13/h12H,2-10H2,1H3. The van der Waals surface area contributed by atoms with Crippen molar-refractivity contribution >= 4 is 11.8 Å². The molecule has 2 nitrogen and oxygen atoms in total. The van der Waals surface area contributed by atoms with Crippen LogP contribution in [0.15, 0.2) is 0 Å². The number of nitrogens with zero attached hydrogens (tertiary/aromatic N) is 1. The van der Waals surface area contributed by atoms with Crippen LogP contribution in [0.2, 0.25) is 0 Å². The molecule has 0 spiro atoms. The molecule has 2 fully saturated rings. The summed E-state index contributed by atoms with van der Waals surface area (Å²) in [5, 5.41) is 3.45. The molecule has 2 aliphatic heterocycles. The van der Waals surface area contributed by atoms with E-state index >= 15 is 0 Å². The molecule has 0 radical (unpaired) electrons. The van der Waals surface area contributed by atoms with E-state index in [9.17, 15) is 0 Å². The lowest BCUT2D eigenvalue weighted by Gasteiger charge is -2.39. The van der Waals surface area contributed by atoms with Gasteiger partial charge in [-0.3, -0.25) is 0 Å². The third-order valence-corrected chi connectivity index (χ3v) is 4.46. The van der Waals surface area contributed by atoms with Crippen molar-refractivity contribution in [2.45, 2.75) is 19.8 Å². The summed E-state index contributed by atoms with van der Waals surface area (Å²) >= 11 is 2.11. The molecule has 82 valence electrons. The second kappa shape index (κ2) is 4.86. The Balaban J connectivity index is 1.81. The van der Waals surface area contributed by atoms with Crippen molar-refractivity contribution in [3.8, 4) is 0 Å². The predicted molar refractivity (Wildman–Crippen MR) is 64.0 cm³/mol. The molecule has 0 unspecified atom stereocenters. The number of piperidine rings is 1. The Bertz CT molecular complexity index is 172. The third kappa shape index (κ3) is 2.88. The van der Waals surface area contributed by atoms with Crippen LogP contribution in [0, 0.1) is 5.41 Å². The van der Waals surface area contributed by atoms with Gasteiger partial charge in [0.25, 0.3) is 0 Å². The molecule has 0 atom stereocenters. The van der Waals surface area contributed by atoms with E-state index in [-0.39, 0.29) is 0 Å². The molecular formula is C11H22N2S. The van der Waals surface area contributed by atoms with Crippen LogP contribution < -0.4 is 5.32 Å². The highest BCUT2D eigenvalue weighted by Gasteiger charge is 2.29. The van der Waals surface area contributed by atoms with Crippen molar-refractivity contribution in [2.24, 2.45) is 5.41 Å². The van der Waals surface area contributed by atoms with Crippen molar-refractivity contribution in [3.05, 3.63) is 0 Å². The number of nitrogens with one attached hydrogen (secondary N) is 1. The van der Waals surface area contributed by atoms with Crippen molar-refractivity contribution in [2.75, 3.05) is 44.2 Å². The average Bonchev–Trinajstić information content (AvgIpc) is 2.19. The van der Waals surface area contributed by atoms with Gasteiger partial charge in [-0.2, -0.15) is 11.8 Å². The first-order chi connectivity index (χ1) is 6.79. The summed E-state index contributed by atoms with van der Waals surface area (Å²) in [6, 6.07) is 0. The average molecular weight is 214 g/mol. The maximum absolute atomic E-state index is 3.45. The van der Waals surface area contributed by atoms with Crippen molar-refractivity contribution in [3.63, 3.8) is 0 Å². The largest absolute Gasteiger partial charge is 0.317 e.